The lowest BCUT2D eigenvalue weighted by molar-refractivity contribution is -0.385. The molecule has 0 fully saturated rings. The first-order valence-electron chi connectivity index (χ1n) is 4.37. The Bertz CT molecular complexity index is 600. The quantitative estimate of drug-likeness (QED) is 0.613. The highest BCUT2D eigenvalue weighted by molar-refractivity contribution is 9.10. The van der Waals surface area contributed by atoms with Crippen molar-refractivity contribution in [3.63, 3.8) is 0 Å². The van der Waals surface area contributed by atoms with Gasteiger partial charge in [0, 0.05) is 6.07 Å². The largest absolute Gasteiger partial charge is 0.480 e. The number of nitrogens with zero attached hydrogens (tertiary/aromatic N) is 1. The second-order valence-electron chi connectivity index (χ2n) is 3.18. The summed E-state index contributed by atoms with van der Waals surface area (Å²) in [7, 11) is -4.02. The average molecular weight is 339 g/mol. The fourth-order valence-electron chi connectivity index (χ4n) is 1.10. The van der Waals surface area contributed by atoms with Gasteiger partial charge in [-0.05, 0) is 28.1 Å². The summed E-state index contributed by atoms with van der Waals surface area (Å²) < 4.78 is 24.7. The Kier molecular flexibility index (Phi) is 4.24. The van der Waals surface area contributed by atoms with Gasteiger partial charge in [-0.1, -0.05) is 0 Å². The van der Waals surface area contributed by atoms with Crippen LogP contribution in [0.2, 0.25) is 0 Å². The van der Waals surface area contributed by atoms with E-state index in [1.807, 2.05) is 4.72 Å². The summed E-state index contributed by atoms with van der Waals surface area (Å²) in [5.41, 5.74) is -0.190. The maximum absolute atomic E-state index is 11.3. The van der Waals surface area contributed by atoms with E-state index in [1.165, 1.54) is 12.1 Å². The van der Waals surface area contributed by atoms with Gasteiger partial charge in [-0.15, -0.1) is 0 Å². The van der Waals surface area contributed by atoms with Gasteiger partial charge in [-0.3, -0.25) is 19.6 Å². The van der Waals surface area contributed by atoms with Crippen molar-refractivity contribution < 1.29 is 23.2 Å². The number of rotatable bonds is 5. The first-order chi connectivity index (χ1) is 8.21. The van der Waals surface area contributed by atoms with Gasteiger partial charge < -0.3 is 5.11 Å². The van der Waals surface area contributed by atoms with E-state index in [0.29, 0.717) is 0 Å². The monoisotopic (exact) mass is 338 g/mol. The van der Waals surface area contributed by atoms with Crippen LogP contribution >= 0.6 is 15.9 Å². The molecule has 0 saturated carbocycles. The number of nitrogens with one attached hydrogen (secondary N) is 1. The molecule has 0 saturated heterocycles. The number of carboxylic acid groups (broad SMARTS) is 1. The Morgan fingerprint density at radius 1 is 1.50 bits per heavy atom. The number of carboxylic acids is 1. The molecule has 0 aliphatic rings. The smallest absolute Gasteiger partial charge is 0.320 e. The third-order valence-corrected chi connectivity index (χ3v) is 3.54. The van der Waals surface area contributed by atoms with Gasteiger partial charge in [-0.25, -0.2) is 8.42 Å². The zero-order chi connectivity index (χ0) is 13.9. The summed E-state index contributed by atoms with van der Waals surface area (Å²) in [5, 5.41) is 18.9. The second-order valence-corrected chi connectivity index (χ2v) is 5.75. The summed E-state index contributed by atoms with van der Waals surface area (Å²) in [6.07, 6.45) is 0. The normalized spacial score (nSPS) is 10.9. The molecule has 1 rings (SSSR count). The average Bonchev–Trinajstić information content (AvgIpc) is 2.13. The van der Waals surface area contributed by atoms with Gasteiger partial charge in [0.15, 0.2) is 5.75 Å². The van der Waals surface area contributed by atoms with Crippen LogP contribution in [0.3, 0.4) is 0 Å². The molecule has 10 heteroatoms. The first-order valence-corrected chi connectivity index (χ1v) is 6.82. The Morgan fingerprint density at radius 3 is 2.56 bits per heavy atom. The van der Waals surface area contributed by atoms with Crippen molar-refractivity contribution in [1.29, 1.82) is 0 Å². The molecule has 0 aromatic heterocycles. The summed E-state index contributed by atoms with van der Waals surface area (Å²) in [4.78, 5) is 20.2. The SMILES string of the molecule is O=C(O)CS(=O)(=O)Nc1ccc([N+](=O)[O-])c(Br)c1. The summed E-state index contributed by atoms with van der Waals surface area (Å²) in [6.45, 7) is 0. The molecule has 8 nitrogen and oxygen atoms in total. The molecular weight excluding hydrogens is 332 g/mol. The van der Waals surface area contributed by atoms with E-state index in [2.05, 4.69) is 15.9 Å². The highest BCUT2D eigenvalue weighted by atomic mass is 79.9. The number of hydrogen-bond acceptors (Lipinski definition) is 5. The van der Waals surface area contributed by atoms with Gasteiger partial charge in [-0.2, -0.15) is 0 Å². The van der Waals surface area contributed by atoms with Crippen LogP contribution in [0.1, 0.15) is 0 Å². The highest BCUT2D eigenvalue weighted by Crippen LogP contribution is 2.28. The number of carbonyl (C=O) groups is 1. The molecule has 1 aromatic rings. The van der Waals surface area contributed by atoms with Gasteiger partial charge >= 0.3 is 5.97 Å². The van der Waals surface area contributed by atoms with E-state index in [0.717, 1.165) is 6.07 Å². The Morgan fingerprint density at radius 2 is 2.11 bits per heavy atom. The van der Waals surface area contributed by atoms with E-state index in [4.69, 9.17) is 5.11 Å². The lowest BCUT2D eigenvalue weighted by Gasteiger charge is -2.06. The van der Waals surface area contributed by atoms with Gasteiger partial charge in [0.05, 0.1) is 15.1 Å². The van der Waals surface area contributed by atoms with Crippen molar-refractivity contribution in [3.05, 3.63) is 32.8 Å². The number of nitro benzene ring substituents is 1. The molecule has 1 aromatic carbocycles. The van der Waals surface area contributed by atoms with Crippen molar-refractivity contribution in [3.8, 4) is 0 Å². The molecule has 0 unspecified atom stereocenters. The Hall–Kier alpha value is -1.68. The molecule has 0 amide bonds. The third-order valence-electron chi connectivity index (χ3n) is 1.73. The van der Waals surface area contributed by atoms with E-state index < -0.39 is 26.7 Å². The van der Waals surface area contributed by atoms with Gasteiger partial charge in [0.25, 0.3) is 5.69 Å². The topological polar surface area (TPSA) is 127 Å². The minimum atomic E-state index is -4.02. The molecule has 0 atom stereocenters. The molecule has 0 heterocycles. The van der Waals surface area contributed by atoms with Crippen LogP contribution in [-0.4, -0.2) is 30.2 Å². The molecule has 0 bridgehead atoms. The number of sulfonamides is 1. The first kappa shape index (κ1) is 14.4. The summed E-state index contributed by atoms with van der Waals surface area (Å²) in [5.74, 6) is -2.58. The van der Waals surface area contributed by atoms with Crippen molar-refractivity contribution in [2.75, 3.05) is 10.5 Å². The zero-order valence-electron chi connectivity index (χ0n) is 8.66. The van der Waals surface area contributed by atoms with Gasteiger partial charge in [0.2, 0.25) is 10.0 Å². The van der Waals surface area contributed by atoms with Crippen LogP contribution in [0.25, 0.3) is 0 Å². The number of aliphatic carboxylic acids is 1. The molecule has 18 heavy (non-hydrogen) atoms. The van der Waals surface area contributed by atoms with E-state index in [9.17, 15) is 23.3 Å². The summed E-state index contributed by atoms with van der Waals surface area (Å²) in [6, 6.07) is 3.45. The third kappa shape index (κ3) is 3.96. The predicted molar refractivity (Wildman–Crippen MR) is 65.8 cm³/mol. The number of hydrogen-bond donors (Lipinski definition) is 2. The highest BCUT2D eigenvalue weighted by Gasteiger charge is 2.17. The number of anilines is 1. The van der Waals surface area contributed by atoms with E-state index in [-0.39, 0.29) is 15.8 Å². The second kappa shape index (κ2) is 5.31. The molecular formula is C8H7BrN2O6S. The fourth-order valence-corrected chi connectivity index (χ4v) is 2.50. The maximum atomic E-state index is 11.3. The lowest BCUT2D eigenvalue weighted by atomic mass is 10.3. The standard InChI is InChI=1S/C8H7BrN2O6S/c9-6-3-5(1-2-7(6)11(14)15)10-18(16,17)4-8(12)13/h1-3,10H,4H2,(H,12,13). The van der Waals surface area contributed by atoms with Crippen molar-refractivity contribution in [1.82, 2.24) is 0 Å². The van der Waals surface area contributed by atoms with Gasteiger partial charge in [0.1, 0.15) is 0 Å². The molecule has 0 spiro atoms. The van der Waals surface area contributed by atoms with E-state index in [1.54, 1.807) is 0 Å². The van der Waals surface area contributed by atoms with E-state index >= 15 is 0 Å². The fraction of sp³-hybridized carbons (Fsp3) is 0.125. The lowest BCUT2D eigenvalue weighted by Crippen LogP contribution is -2.22. The molecule has 0 radical (unpaired) electrons. The molecule has 0 aliphatic carbocycles. The Labute approximate surface area is 110 Å². The van der Waals surface area contributed by atoms with Crippen molar-refractivity contribution >= 4 is 43.3 Å². The van der Waals surface area contributed by atoms with Crippen LogP contribution in [0.4, 0.5) is 11.4 Å². The van der Waals surface area contributed by atoms with Crippen molar-refractivity contribution in [2.24, 2.45) is 0 Å². The van der Waals surface area contributed by atoms with Crippen molar-refractivity contribution in [2.45, 2.75) is 0 Å². The minimum Gasteiger partial charge on any atom is -0.480 e. The Balaban J connectivity index is 2.97. The minimum absolute atomic E-state index is 0.0359. The number of benzene rings is 1. The van der Waals surface area contributed by atoms with Crippen LogP contribution in [0.15, 0.2) is 22.7 Å². The van der Waals surface area contributed by atoms with Crippen LogP contribution in [0, 0.1) is 10.1 Å². The number of nitro groups is 1. The zero-order valence-corrected chi connectivity index (χ0v) is 11.1. The maximum Gasteiger partial charge on any atom is 0.320 e. The van der Waals surface area contributed by atoms with Crippen LogP contribution < -0.4 is 4.72 Å². The van der Waals surface area contributed by atoms with Crippen LogP contribution in [0.5, 0.6) is 0 Å². The molecule has 98 valence electrons. The van der Waals surface area contributed by atoms with Crippen LogP contribution in [-0.2, 0) is 14.8 Å². The molecule has 2 N–H and O–H groups in total. The summed E-state index contributed by atoms with van der Waals surface area (Å²) >= 11 is 2.91. The molecule has 0 aliphatic heterocycles. The predicted octanol–water partition coefficient (Wildman–Crippen LogP) is 1.18. The number of halogens is 1.